The summed E-state index contributed by atoms with van der Waals surface area (Å²) in [5.41, 5.74) is 1.30. The van der Waals surface area contributed by atoms with E-state index in [9.17, 15) is 18.4 Å². The molecular weight excluding hydrogens is 420 g/mol. The first-order valence-electron chi connectivity index (χ1n) is 9.47. The number of urea groups is 1. The second kappa shape index (κ2) is 11.2. The molecule has 0 heterocycles. The van der Waals surface area contributed by atoms with Gasteiger partial charge in [-0.15, -0.1) is 0 Å². The molecule has 0 aliphatic rings. The summed E-state index contributed by atoms with van der Waals surface area (Å²) in [6.45, 7) is 0.547. The van der Waals surface area contributed by atoms with Gasteiger partial charge in [0.15, 0.2) is 0 Å². The largest absolute Gasteiger partial charge is 0.476 e. The van der Waals surface area contributed by atoms with E-state index in [1.807, 2.05) is 35.6 Å². The van der Waals surface area contributed by atoms with Crippen molar-refractivity contribution < 1.29 is 27.9 Å². The number of carbonyl (C=O) groups excluding carboxylic acids is 2. The van der Waals surface area contributed by atoms with Crippen molar-refractivity contribution >= 4 is 24.0 Å². The van der Waals surface area contributed by atoms with Crippen LogP contribution in [0.25, 0.3) is 0 Å². The smallest absolute Gasteiger partial charge is 0.326 e. The number of ether oxygens (including phenoxy) is 1. The topological polar surface area (TPSA) is 89.0 Å². The predicted octanol–water partition coefficient (Wildman–Crippen LogP) is 4.60. The molecule has 0 aliphatic heterocycles. The molecule has 164 valence electrons. The van der Waals surface area contributed by atoms with Crippen LogP contribution in [0.5, 0.6) is 0 Å². The maximum absolute atomic E-state index is 13.6. The minimum Gasteiger partial charge on any atom is -0.476 e. The molecule has 0 aliphatic carbocycles. The molecule has 9 heteroatoms. The van der Waals surface area contributed by atoms with Gasteiger partial charge in [0.25, 0.3) is 5.91 Å². The molecule has 0 saturated carbocycles. The SMILES string of the molecule is O=C(NC(=O)c1c(F)cccc1F)Nc1ccc(CO/N=C\OCc2ccccc2)cc1. The standard InChI is InChI=1S/C23H19F2N3O4/c24-19-7-4-8-20(25)21(19)22(29)28-23(30)27-18-11-9-17(10-12-18)14-32-26-15-31-13-16-5-2-1-3-6-16/h1-12,15H,13-14H2,(H2,27,28,29,30)/b26-15-. The molecule has 3 amide bonds. The van der Waals surface area contributed by atoms with Crippen LogP contribution in [-0.2, 0) is 22.8 Å². The fourth-order valence-electron chi connectivity index (χ4n) is 2.61. The van der Waals surface area contributed by atoms with E-state index < -0.39 is 29.1 Å². The Bertz CT molecular complexity index is 1070. The number of hydrogen-bond donors (Lipinski definition) is 2. The van der Waals surface area contributed by atoms with Gasteiger partial charge in [0.1, 0.15) is 30.4 Å². The van der Waals surface area contributed by atoms with Gasteiger partial charge in [0.2, 0.25) is 6.40 Å². The lowest BCUT2D eigenvalue weighted by molar-refractivity contribution is 0.0959. The van der Waals surface area contributed by atoms with Crippen molar-refractivity contribution in [3.8, 4) is 0 Å². The average molecular weight is 439 g/mol. The minimum atomic E-state index is -1.18. The molecule has 7 nitrogen and oxygen atoms in total. The van der Waals surface area contributed by atoms with E-state index in [0.717, 1.165) is 29.3 Å². The van der Waals surface area contributed by atoms with Gasteiger partial charge in [0.05, 0.1) is 0 Å². The van der Waals surface area contributed by atoms with Crippen molar-refractivity contribution in [3.05, 3.63) is 101 Å². The Labute approximate surface area is 182 Å². The number of nitrogens with one attached hydrogen (secondary N) is 2. The summed E-state index contributed by atoms with van der Waals surface area (Å²) in [5.74, 6) is -3.31. The van der Waals surface area contributed by atoms with Crippen molar-refractivity contribution in [2.24, 2.45) is 5.16 Å². The van der Waals surface area contributed by atoms with Crippen LogP contribution in [0.15, 0.2) is 78.0 Å². The van der Waals surface area contributed by atoms with Crippen molar-refractivity contribution in [1.29, 1.82) is 0 Å². The molecule has 0 atom stereocenters. The van der Waals surface area contributed by atoms with E-state index in [1.165, 1.54) is 6.40 Å². The normalized spacial score (nSPS) is 10.6. The molecule has 0 saturated heterocycles. The molecule has 0 unspecified atom stereocenters. The lowest BCUT2D eigenvalue weighted by atomic mass is 10.2. The average Bonchev–Trinajstić information content (AvgIpc) is 2.78. The number of halogens is 2. The van der Waals surface area contributed by atoms with E-state index in [-0.39, 0.29) is 6.61 Å². The number of hydrogen-bond acceptors (Lipinski definition) is 5. The summed E-state index contributed by atoms with van der Waals surface area (Å²) >= 11 is 0. The number of anilines is 1. The number of carbonyl (C=O) groups is 2. The molecule has 0 bridgehead atoms. The highest BCUT2D eigenvalue weighted by atomic mass is 19.1. The zero-order valence-corrected chi connectivity index (χ0v) is 16.8. The molecule has 0 fully saturated rings. The first-order valence-corrected chi connectivity index (χ1v) is 9.47. The van der Waals surface area contributed by atoms with Crippen LogP contribution >= 0.6 is 0 Å². The van der Waals surface area contributed by atoms with Gasteiger partial charge in [-0.3, -0.25) is 10.1 Å². The van der Waals surface area contributed by atoms with E-state index in [2.05, 4.69) is 10.5 Å². The Kier molecular flexibility index (Phi) is 7.85. The highest BCUT2D eigenvalue weighted by Gasteiger charge is 2.19. The number of benzene rings is 3. The Morgan fingerprint density at radius 1 is 0.844 bits per heavy atom. The predicted molar refractivity (Wildman–Crippen MR) is 114 cm³/mol. The van der Waals surface area contributed by atoms with Crippen LogP contribution in [0.3, 0.4) is 0 Å². The van der Waals surface area contributed by atoms with Gasteiger partial charge in [-0.2, -0.15) is 0 Å². The highest BCUT2D eigenvalue weighted by molar-refractivity contribution is 6.08. The molecule has 3 aromatic carbocycles. The van der Waals surface area contributed by atoms with Crippen molar-refractivity contribution in [1.82, 2.24) is 5.32 Å². The third kappa shape index (κ3) is 6.63. The fraction of sp³-hybridized carbons (Fsp3) is 0.0870. The van der Waals surface area contributed by atoms with Crippen molar-refractivity contribution in [3.63, 3.8) is 0 Å². The van der Waals surface area contributed by atoms with Gasteiger partial charge in [-0.05, 0) is 35.4 Å². The zero-order chi connectivity index (χ0) is 22.8. The zero-order valence-electron chi connectivity index (χ0n) is 16.8. The Morgan fingerprint density at radius 2 is 1.50 bits per heavy atom. The monoisotopic (exact) mass is 439 g/mol. The fourth-order valence-corrected chi connectivity index (χ4v) is 2.61. The molecule has 3 aromatic rings. The van der Waals surface area contributed by atoms with Crippen LogP contribution in [-0.4, -0.2) is 18.3 Å². The second-order valence-electron chi connectivity index (χ2n) is 6.48. The maximum Gasteiger partial charge on any atom is 0.326 e. The van der Waals surface area contributed by atoms with Crippen LogP contribution in [0.4, 0.5) is 19.3 Å². The van der Waals surface area contributed by atoms with E-state index in [4.69, 9.17) is 9.57 Å². The van der Waals surface area contributed by atoms with Crippen LogP contribution in [0.2, 0.25) is 0 Å². The number of rotatable bonds is 8. The third-order valence-electron chi connectivity index (χ3n) is 4.14. The molecule has 2 N–H and O–H groups in total. The number of nitrogens with zero attached hydrogens (tertiary/aromatic N) is 1. The quantitative estimate of drug-likeness (QED) is 0.305. The van der Waals surface area contributed by atoms with Gasteiger partial charge >= 0.3 is 6.03 Å². The number of amides is 3. The Hall–Kier alpha value is -4.27. The minimum absolute atomic E-state index is 0.169. The summed E-state index contributed by atoms with van der Waals surface area (Å²) in [6, 6.07) is 18.1. The molecule has 3 rings (SSSR count). The lowest BCUT2D eigenvalue weighted by Crippen LogP contribution is -2.35. The van der Waals surface area contributed by atoms with E-state index in [1.54, 1.807) is 24.3 Å². The summed E-state index contributed by atoms with van der Waals surface area (Å²) < 4.78 is 32.5. The highest BCUT2D eigenvalue weighted by Crippen LogP contribution is 2.13. The molecule has 0 aromatic heterocycles. The summed E-state index contributed by atoms with van der Waals surface area (Å²) in [6.07, 6.45) is 1.21. The second-order valence-corrected chi connectivity index (χ2v) is 6.48. The van der Waals surface area contributed by atoms with Crippen LogP contribution < -0.4 is 10.6 Å². The van der Waals surface area contributed by atoms with Crippen molar-refractivity contribution in [2.75, 3.05) is 5.32 Å². The van der Waals surface area contributed by atoms with E-state index in [0.29, 0.717) is 12.3 Å². The Morgan fingerprint density at radius 3 is 2.19 bits per heavy atom. The summed E-state index contributed by atoms with van der Waals surface area (Å²) in [5, 5.41) is 7.98. The van der Waals surface area contributed by atoms with Crippen molar-refractivity contribution in [2.45, 2.75) is 13.2 Å². The third-order valence-corrected chi connectivity index (χ3v) is 4.14. The van der Waals surface area contributed by atoms with Crippen LogP contribution in [0, 0.1) is 11.6 Å². The number of imide groups is 1. The molecular formula is C23H19F2N3O4. The molecule has 0 radical (unpaired) electrons. The lowest BCUT2D eigenvalue weighted by Gasteiger charge is -2.08. The first-order chi connectivity index (χ1) is 15.5. The van der Waals surface area contributed by atoms with Gasteiger partial charge in [0, 0.05) is 5.69 Å². The molecule has 32 heavy (non-hydrogen) atoms. The van der Waals surface area contributed by atoms with Gasteiger partial charge in [-0.1, -0.05) is 53.7 Å². The van der Waals surface area contributed by atoms with E-state index >= 15 is 0 Å². The van der Waals surface area contributed by atoms with Gasteiger partial charge in [-0.25, -0.2) is 13.6 Å². The molecule has 0 spiro atoms. The van der Waals surface area contributed by atoms with Crippen LogP contribution in [0.1, 0.15) is 21.5 Å². The first kappa shape index (κ1) is 22.4. The summed E-state index contributed by atoms with van der Waals surface area (Å²) in [4.78, 5) is 29.0. The maximum atomic E-state index is 13.6. The van der Waals surface area contributed by atoms with Gasteiger partial charge < -0.3 is 14.9 Å². The number of oxime groups is 1. The summed E-state index contributed by atoms with van der Waals surface area (Å²) in [7, 11) is 0. The Balaban J connectivity index is 1.41.